The van der Waals surface area contributed by atoms with Crippen molar-refractivity contribution in [2.24, 2.45) is 0 Å². The monoisotopic (exact) mass is 324 g/mol. The predicted octanol–water partition coefficient (Wildman–Crippen LogP) is 3.69. The van der Waals surface area contributed by atoms with Gasteiger partial charge in [-0.25, -0.2) is 0 Å². The van der Waals surface area contributed by atoms with Gasteiger partial charge in [0.1, 0.15) is 11.5 Å². The second-order valence-corrected chi connectivity index (χ2v) is 6.36. The average Bonchev–Trinajstić information content (AvgIpc) is 3.10. The lowest BCUT2D eigenvalue weighted by Gasteiger charge is -2.32. The fourth-order valence-corrected chi connectivity index (χ4v) is 3.19. The molecule has 0 bridgehead atoms. The van der Waals surface area contributed by atoms with Crippen LogP contribution in [0.15, 0.2) is 54.6 Å². The molecule has 0 spiro atoms. The molecule has 2 aromatic rings. The molecule has 4 heteroatoms. The van der Waals surface area contributed by atoms with Gasteiger partial charge < -0.3 is 15.0 Å². The molecular weight excluding hydrogens is 300 g/mol. The van der Waals surface area contributed by atoms with Gasteiger partial charge in [-0.1, -0.05) is 30.3 Å². The van der Waals surface area contributed by atoms with Crippen LogP contribution in [0.3, 0.4) is 0 Å². The average molecular weight is 324 g/mol. The molecule has 1 aliphatic rings. The smallest absolute Gasteiger partial charge is 0.258 e. The number of benzene rings is 2. The minimum atomic E-state index is 0.0326. The Bertz CT molecular complexity index is 679. The van der Waals surface area contributed by atoms with Crippen molar-refractivity contribution in [2.45, 2.75) is 32.4 Å². The minimum Gasteiger partial charge on any atom is -0.457 e. The van der Waals surface area contributed by atoms with Gasteiger partial charge in [-0.15, -0.1) is 0 Å². The number of carbonyl (C=O) groups is 1. The lowest BCUT2D eigenvalue weighted by molar-refractivity contribution is 0.0624. The van der Waals surface area contributed by atoms with Gasteiger partial charge in [-0.05, 0) is 51.1 Å². The van der Waals surface area contributed by atoms with E-state index in [9.17, 15) is 4.79 Å². The predicted molar refractivity (Wildman–Crippen MR) is 95.5 cm³/mol. The Hall–Kier alpha value is -2.33. The van der Waals surface area contributed by atoms with Crippen LogP contribution in [0.25, 0.3) is 0 Å². The van der Waals surface area contributed by atoms with Gasteiger partial charge in [0.15, 0.2) is 0 Å². The van der Waals surface area contributed by atoms with Crippen molar-refractivity contribution in [1.82, 2.24) is 10.2 Å². The summed E-state index contributed by atoms with van der Waals surface area (Å²) >= 11 is 0. The maximum atomic E-state index is 13.2. The highest BCUT2D eigenvalue weighted by molar-refractivity contribution is 5.97. The van der Waals surface area contributed by atoms with Crippen LogP contribution in [0.4, 0.5) is 0 Å². The molecule has 0 unspecified atom stereocenters. The standard InChI is InChI=1S/C20H24N2O2/c1-15(2)22(16-12-13-21-14-16)20(23)18-10-6-7-11-19(18)24-17-8-4-3-5-9-17/h3-11,15-16,21H,12-14H2,1-2H3/t16-/m0/s1. The summed E-state index contributed by atoms with van der Waals surface area (Å²) in [4.78, 5) is 15.2. The number of carbonyl (C=O) groups excluding carboxylic acids is 1. The maximum Gasteiger partial charge on any atom is 0.258 e. The molecule has 1 atom stereocenters. The van der Waals surface area contributed by atoms with E-state index >= 15 is 0 Å². The lowest BCUT2D eigenvalue weighted by Crippen LogP contribution is -2.46. The molecule has 1 fully saturated rings. The van der Waals surface area contributed by atoms with E-state index in [1.165, 1.54) is 0 Å². The molecule has 126 valence electrons. The Kier molecular flexibility index (Phi) is 5.16. The molecule has 0 aromatic heterocycles. The van der Waals surface area contributed by atoms with Gasteiger partial charge >= 0.3 is 0 Å². The summed E-state index contributed by atoms with van der Waals surface area (Å²) in [7, 11) is 0. The van der Waals surface area contributed by atoms with Gasteiger partial charge in [0.25, 0.3) is 5.91 Å². The van der Waals surface area contributed by atoms with Crippen molar-refractivity contribution >= 4 is 5.91 Å². The minimum absolute atomic E-state index is 0.0326. The Morgan fingerprint density at radius 3 is 2.50 bits per heavy atom. The summed E-state index contributed by atoms with van der Waals surface area (Å²) < 4.78 is 5.96. The third-order valence-corrected chi connectivity index (χ3v) is 4.31. The zero-order valence-electron chi connectivity index (χ0n) is 14.2. The number of rotatable bonds is 5. The summed E-state index contributed by atoms with van der Waals surface area (Å²) in [6.45, 7) is 5.95. The topological polar surface area (TPSA) is 41.6 Å². The highest BCUT2D eigenvalue weighted by Gasteiger charge is 2.30. The van der Waals surface area contributed by atoms with E-state index in [4.69, 9.17) is 4.74 Å². The first kappa shape index (κ1) is 16.5. The van der Waals surface area contributed by atoms with E-state index in [0.717, 1.165) is 25.3 Å². The molecule has 24 heavy (non-hydrogen) atoms. The normalized spacial score (nSPS) is 17.0. The molecule has 4 nitrogen and oxygen atoms in total. The van der Waals surface area contributed by atoms with Crippen molar-refractivity contribution in [3.05, 3.63) is 60.2 Å². The van der Waals surface area contributed by atoms with Crippen LogP contribution in [-0.4, -0.2) is 36.0 Å². The van der Waals surface area contributed by atoms with Crippen LogP contribution in [0, 0.1) is 0 Å². The zero-order valence-corrected chi connectivity index (χ0v) is 14.2. The maximum absolute atomic E-state index is 13.2. The molecule has 1 amide bonds. The van der Waals surface area contributed by atoms with Crippen molar-refractivity contribution in [3.8, 4) is 11.5 Å². The second-order valence-electron chi connectivity index (χ2n) is 6.36. The van der Waals surface area contributed by atoms with Crippen molar-refractivity contribution in [2.75, 3.05) is 13.1 Å². The largest absolute Gasteiger partial charge is 0.457 e. The van der Waals surface area contributed by atoms with Crippen molar-refractivity contribution in [3.63, 3.8) is 0 Å². The van der Waals surface area contributed by atoms with Crippen molar-refractivity contribution < 1.29 is 9.53 Å². The molecule has 1 saturated heterocycles. The van der Waals surface area contributed by atoms with Gasteiger partial charge in [-0.2, -0.15) is 0 Å². The van der Waals surface area contributed by atoms with Crippen LogP contribution in [0.5, 0.6) is 11.5 Å². The lowest BCUT2D eigenvalue weighted by atomic mass is 10.1. The Morgan fingerprint density at radius 1 is 1.12 bits per heavy atom. The summed E-state index contributed by atoms with van der Waals surface area (Å²) in [6, 6.07) is 17.4. The first-order valence-electron chi connectivity index (χ1n) is 8.52. The number of nitrogens with one attached hydrogen (secondary N) is 1. The molecular formula is C20H24N2O2. The van der Waals surface area contributed by atoms with Gasteiger partial charge in [0.05, 0.1) is 5.56 Å². The van der Waals surface area contributed by atoms with Gasteiger partial charge in [0, 0.05) is 18.6 Å². The number of hydrogen-bond acceptors (Lipinski definition) is 3. The third-order valence-electron chi connectivity index (χ3n) is 4.31. The Morgan fingerprint density at radius 2 is 1.83 bits per heavy atom. The van der Waals surface area contributed by atoms with Gasteiger partial charge in [0.2, 0.25) is 0 Å². The van der Waals surface area contributed by atoms with E-state index in [0.29, 0.717) is 11.3 Å². The third kappa shape index (κ3) is 3.60. The second kappa shape index (κ2) is 7.49. The summed E-state index contributed by atoms with van der Waals surface area (Å²) in [6.07, 6.45) is 0.992. The molecule has 0 aliphatic carbocycles. The molecule has 2 aromatic carbocycles. The fourth-order valence-electron chi connectivity index (χ4n) is 3.19. The highest BCUT2D eigenvalue weighted by Crippen LogP contribution is 2.28. The summed E-state index contributed by atoms with van der Waals surface area (Å²) in [5.41, 5.74) is 0.613. The molecule has 1 aliphatic heterocycles. The van der Waals surface area contributed by atoms with Crippen LogP contribution in [0.1, 0.15) is 30.6 Å². The number of hydrogen-bond donors (Lipinski definition) is 1. The van der Waals surface area contributed by atoms with E-state index in [1.54, 1.807) is 0 Å². The fraction of sp³-hybridized carbons (Fsp3) is 0.350. The first-order chi connectivity index (χ1) is 11.7. The highest BCUT2D eigenvalue weighted by atomic mass is 16.5. The van der Waals surface area contributed by atoms with Crippen LogP contribution < -0.4 is 10.1 Å². The Labute approximate surface area is 143 Å². The van der Waals surface area contributed by atoms with E-state index in [2.05, 4.69) is 19.2 Å². The summed E-state index contributed by atoms with van der Waals surface area (Å²) in [5.74, 6) is 1.37. The SMILES string of the molecule is CC(C)N(C(=O)c1ccccc1Oc1ccccc1)[C@H]1CCNC1. The van der Waals surface area contributed by atoms with E-state index < -0.39 is 0 Å². The number of ether oxygens (including phenoxy) is 1. The molecule has 0 radical (unpaired) electrons. The van der Waals surface area contributed by atoms with Crippen LogP contribution >= 0.6 is 0 Å². The molecule has 1 N–H and O–H groups in total. The Balaban J connectivity index is 1.88. The van der Waals surface area contributed by atoms with Crippen LogP contribution in [-0.2, 0) is 0 Å². The van der Waals surface area contributed by atoms with E-state index in [1.807, 2.05) is 59.5 Å². The molecule has 3 rings (SSSR count). The zero-order chi connectivity index (χ0) is 16.9. The first-order valence-corrected chi connectivity index (χ1v) is 8.52. The van der Waals surface area contributed by atoms with Crippen molar-refractivity contribution in [1.29, 1.82) is 0 Å². The number of amides is 1. The van der Waals surface area contributed by atoms with Crippen LogP contribution in [0.2, 0.25) is 0 Å². The molecule has 1 heterocycles. The van der Waals surface area contributed by atoms with Gasteiger partial charge in [-0.3, -0.25) is 4.79 Å². The van der Waals surface area contributed by atoms with E-state index in [-0.39, 0.29) is 18.0 Å². The number of para-hydroxylation sites is 2. The molecule has 0 saturated carbocycles. The number of nitrogens with zero attached hydrogens (tertiary/aromatic N) is 1. The quantitative estimate of drug-likeness (QED) is 0.912. The summed E-state index contributed by atoms with van der Waals surface area (Å²) in [5, 5.41) is 3.34.